The van der Waals surface area contributed by atoms with E-state index in [0.717, 1.165) is 22.5 Å². The van der Waals surface area contributed by atoms with Gasteiger partial charge in [-0.15, -0.1) is 0 Å². The average Bonchev–Trinajstić information content (AvgIpc) is 3.07. The highest BCUT2D eigenvalue weighted by Crippen LogP contribution is 2.33. The van der Waals surface area contributed by atoms with E-state index in [4.69, 9.17) is 18.0 Å². The largest absolute Gasteiger partial charge is 0.378 e. The van der Waals surface area contributed by atoms with Crippen molar-refractivity contribution >= 4 is 34.4 Å². The number of benzene rings is 2. The minimum Gasteiger partial charge on any atom is -0.378 e. The topological polar surface area (TPSA) is 88.0 Å². The van der Waals surface area contributed by atoms with E-state index in [1.807, 2.05) is 43.3 Å². The monoisotopic (exact) mass is 369 g/mol. The number of nitro groups is 1. The van der Waals surface area contributed by atoms with Crippen LogP contribution < -0.4 is 10.6 Å². The molecule has 0 aromatic heterocycles. The molecule has 0 amide bonds. The van der Waals surface area contributed by atoms with Crippen molar-refractivity contribution in [3.8, 4) is 0 Å². The molecule has 7 nitrogen and oxygen atoms in total. The molecule has 0 fully saturated rings. The zero-order chi connectivity index (χ0) is 18.8. The number of thiocarbonyl (C=S) groups is 1. The number of non-ortho nitro benzene ring substituents is 1. The van der Waals surface area contributed by atoms with E-state index in [-0.39, 0.29) is 16.8 Å². The summed E-state index contributed by atoms with van der Waals surface area (Å²) in [5.41, 5.74) is 9.70. The summed E-state index contributed by atoms with van der Waals surface area (Å²) in [6.45, 7) is 0. The summed E-state index contributed by atoms with van der Waals surface area (Å²) in [6.07, 6.45) is 0.621. The van der Waals surface area contributed by atoms with Gasteiger partial charge in [-0.2, -0.15) is 5.10 Å². The number of anilines is 1. The lowest BCUT2D eigenvalue weighted by atomic mass is 9.98. The zero-order valence-electron chi connectivity index (χ0n) is 14.5. The Labute approximate surface area is 156 Å². The molecule has 2 aromatic carbocycles. The van der Waals surface area contributed by atoms with Gasteiger partial charge in [0.25, 0.3) is 5.69 Å². The summed E-state index contributed by atoms with van der Waals surface area (Å²) >= 11 is 5.16. The number of hydrogen-bond donors (Lipinski definition) is 1. The Morgan fingerprint density at radius 1 is 1.23 bits per heavy atom. The van der Waals surface area contributed by atoms with Gasteiger partial charge in [-0.25, -0.2) is 5.01 Å². The number of rotatable bonds is 4. The quantitative estimate of drug-likeness (QED) is 0.506. The minimum atomic E-state index is -0.420. The lowest BCUT2D eigenvalue weighted by Crippen LogP contribution is -2.31. The van der Waals surface area contributed by atoms with Crippen LogP contribution in [0.3, 0.4) is 0 Å². The lowest BCUT2D eigenvalue weighted by Gasteiger charge is -2.22. The fraction of sp³-hybridized carbons (Fsp3) is 0.222. The molecule has 134 valence electrons. The number of nitro benzene ring substituents is 1. The Morgan fingerprint density at radius 2 is 1.85 bits per heavy atom. The molecule has 1 aliphatic heterocycles. The van der Waals surface area contributed by atoms with Gasteiger partial charge in [-0.1, -0.05) is 12.1 Å². The van der Waals surface area contributed by atoms with Crippen LogP contribution in [0.4, 0.5) is 11.4 Å². The van der Waals surface area contributed by atoms with E-state index in [2.05, 4.69) is 5.10 Å². The molecule has 0 aliphatic carbocycles. The van der Waals surface area contributed by atoms with Crippen LogP contribution in [-0.4, -0.2) is 34.9 Å². The molecule has 26 heavy (non-hydrogen) atoms. The highest BCUT2D eigenvalue weighted by Gasteiger charge is 2.30. The van der Waals surface area contributed by atoms with E-state index in [1.165, 1.54) is 12.1 Å². The lowest BCUT2D eigenvalue weighted by molar-refractivity contribution is -0.384. The first-order valence-electron chi connectivity index (χ1n) is 8.05. The molecular weight excluding hydrogens is 350 g/mol. The summed E-state index contributed by atoms with van der Waals surface area (Å²) in [4.78, 5) is 12.4. The first-order chi connectivity index (χ1) is 12.4. The SMILES string of the molecule is CN(C)c1ccc(C2CC(c3ccc([N+](=O)[O-])cc3)=NN2C(N)=S)cc1. The van der Waals surface area contributed by atoms with Crippen molar-refractivity contribution < 1.29 is 4.92 Å². The van der Waals surface area contributed by atoms with E-state index in [0.29, 0.717) is 6.42 Å². The van der Waals surface area contributed by atoms with Crippen molar-refractivity contribution in [2.75, 3.05) is 19.0 Å². The fourth-order valence-corrected chi connectivity index (χ4v) is 3.09. The highest BCUT2D eigenvalue weighted by atomic mass is 32.1. The van der Waals surface area contributed by atoms with E-state index >= 15 is 0 Å². The van der Waals surface area contributed by atoms with Crippen molar-refractivity contribution in [1.82, 2.24) is 5.01 Å². The first-order valence-corrected chi connectivity index (χ1v) is 8.46. The Morgan fingerprint density at radius 3 is 2.35 bits per heavy atom. The normalized spacial score (nSPS) is 16.3. The Bertz CT molecular complexity index is 862. The van der Waals surface area contributed by atoms with Gasteiger partial charge in [-0.3, -0.25) is 10.1 Å². The minimum absolute atomic E-state index is 0.0503. The van der Waals surface area contributed by atoms with Gasteiger partial charge in [-0.05, 0) is 47.6 Å². The third kappa shape index (κ3) is 3.50. The summed E-state index contributed by atoms with van der Waals surface area (Å²) in [6, 6.07) is 14.4. The van der Waals surface area contributed by atoms with Crippen molar-refractivity contribution in [2.45, 2.75) is 12.5 Å². The molecule has 1 unspecified atom stereocenters. The molecule has 2 N–H and O–H groups in total. The highest BCUT2D eigenvalue weighted by molar-refractivity contribution is 7.80. The third-order valence-corrected chi connectivity index (χ3v) is 4.53. The van der Waals surface area contributed by atoms with E-state index < -0.39 is 4.92 Å². The smallest absolute Gasteiger partial charge is 0.269 e. The summed E-state index contributed by atoms with van der Waals surface area (Å²) in [5, 5.41) is 17.2. The Kier molecular flexibility index (Phi) is 4.85. The standard InChI is InChI=1S/C18H19N5O2S/c1-21(2)14-7-5-13(6-8-14)17-11-16(20-22(17)18(19)26)12-3-9-15(10-4-12)23(24)25/h3-10,17H,11H2,1-2H3,(H2,19,26). The predicted molar refractivity (Wildman–Crippen MR) is 106 cm³/mol. The Hall–Kier alpha value is -3.00. The van der Waals surface area contributed by atoms with Crippen molar-refractivity contribution in [1.29, 1.82) is 0 Å². The summed E-state index contributed by atoms with van der Waals surface area (Å²) < 4.78 is 0. The molecule has 0 radical (unpaired) electrons. The van der Waals surface area contributed by atoms with Gasteiger partial charge >= 0.3 is 0 Å². The van der Waals surface area contributed by atoms with Crippen LogP contribution >= 0.6 is 12.2 Å². The second kappa shape index (κ2) is 7.09. The molecule has 2 aromatic rings. The van der Waals surface area contributed by atoms with Crippen molar-refractivity contribution in [3.63, 3.8) is 0 Å². The van der Waals surface area contributed by atoms with Gasteiger partial charge in [0.05, 0.1) is 16.7 Å². The van der Waals surface area contributed by atoms with Crippen LogP contribution in [0.5, 0.6) is 0 Å². The van der Waals surface area contributed by atoms with Crippen LogP contribution in [0.1, 0.15) is 23.6 Å². The molecule has 0 bridgehead atoms. The maximum Gasteiger partial charge on any atom is 0.269 e. The fourth-order valence-electron chi connectivity index (χ4n) is 2.92. The number of nitrogens with two attached hydrogens (primary N) is 1. The molecule has 1 heterocycles. The van der Waals surface area contributed by atoms with Gasteiger partial charge in [0.1, 0.15) is 0 Å². The Balaban J connectivity index is 1.87. The number of hydrazone groups is 1. The molecular formula is C18H19N5O2S. The second-order valence-corrected chi connectivity index (χ2v) is 6.66. The van der Waals surface area contributed by atoms with Crippen LogP contribution in [0.15, 0.2) is 53.6 Å². The van der Waals surface area contributed by atoms with Gasteiger partial charge in [0, 0.05) is 38.3 Å². The van der Waals surface area contributed by atoms with E-state index in [1.54, 1.807) is 17.1 Å². The molecule has 1 aliphatic rings. The van der Waals surface area contributed by atoms with Gasteiger partial charge < -0.3 is 10.6 Å². The van der Waals surface area contributed by atoms with Crippen LogP contribution in [0.25, 0.3) is 0 Å². The van der Waals surface area contributed by atoms with E-state index in [9.17, 15) is 10.1 Å². The van der Waals surface area contributed by atoms with Crippen LogP contribution in [0.2, 0.25) is 0 Å². The molecule has 0 saturated carbocycles. The molecule has 8 heteroatoms. The maximum atomic E-state index is 10.8. The predicted octanol–water partition coefficient (Wildman–Crippen LogP) is 3.06. The molecule has 3 rings (SSSR count). The van der Waals surface area contributed by atoms with Crippen molar-refractivity contribution in [3.05, 3.63) is 69.8 Å². The summed E-state index contributed by atoms with van der Waals surface area (Å²) in [5.74, 6) is 0. The average molecular weight is 369 g/mol. The molecule has 0 spiro atoms. The summed E-state index contributed by atoms with van der Waals surface area (Å²) in [7, 11) is 3.98. The second-order valence-electron chi connectivity index (χ2n) is 6.24. The molecule has 1 atom stereocenters. The van der Waals surface area contributed by atoms with Gasteiger partial charge in [0.2, 0.25) is 0 Å². The number of hydrogen-bond acceptors (Lipinski definition) is 5. The first kappa shape index (κ1) is 17.8. The zero-order valence-corrected chi connectivity index (χ0v) is 15.3. The van der Waals surface area contributed by atoms with Gasteiger partial charge in [0.15, 0.2) is 5.11 Å². The number of nitrogens with zero attached hydrogens (tertiary/aromatic N) is 4. The van der Waals surface area contributed by atoms with Crippen LogP contribution in [-0.2, 0) is 0 Å². The maximum absolute atomic E-state index is 10.8. The molecule has 0 saturated heterocycles. The van der Waals surface area contributed by atoms with Crippen LogP contribution in [0, 0.1) is 10.1 Å². The third-order valence-electron chi connectivity index (χ3n) is 4.34. The van der Waals surface area contributed by atoms with Crippen molar-refractivity contribution in [2.24, 2.45) is 10.8 Å².